The predicted octanol–water partition coefficient (Wildman–Crippen LogP) is 0.983. The fourth-order valence-corrected chi connectivity index (χ4v) is 2.40. The van der Waals surface area contributed by atoms with Gasteiger partial charge in [-0.15, -0.1) is 0 Å². The highest BCUT2D eigenvalue weighted by molar-refractivity contribution is 6.31. The molecule has 7 heteroatoms. The minimum absolute atomic E-state index is 0.0118. The Hall–Kier alpha value is -1.66. The van der Waals surface area contributed by atoms with Gasteiger partial charge < -0.3 is 10.2 Å². The SMILES string of the molecule is CNC(=O)CN1CCN(C(=O)c2cc(Cl)ccc2F)CC1. The first-order valence-electron chi connectivity index (χ1n) is 6.68. The highest BCUT2D eigenvalue weighted by Gasteiger charge is 2.24. The van der Waals surface area contributed by atoms with Gasteiger partial charge in [0.05, 0.1) is 12.1 Å². The van der Waals surface area contributed by atoms with Gasteiger partial charge in [0.1, 0.15) is 5.82 Å². The minimum atomic E-state index is -0.572. The Balaban J connectivity index is 1.97. The van der Waals surface area contributed by atoms with E-state index in [2.05, 4.69) is 5.32 Å². The van der Waals surface area contributed by atoms with Gasteiger partial charge in [-0.25, -0.2) is 4.39 Å². The number of carbonyl (C=O) groups excluding carboxylic acids is 2. The number of piperazine rings is 1. The molecule has 21 heavy (non-hydrogen) atoms. The molecule has 0 spiro atoms. The molecule has 1 aromatic carbocycles. The van der Waals surface area contributed by atoms with Crippen LogP contribution >= 0.6 is 11.6 Å². The fourth-order valence-electron chi connectivity index (χ4n) is 2.22. The second-order valence-electron chi connectivity index (χ2n) is 4.87. The van der Waals surface area contributed by atoms with Crippen LogP contribution in [-0.2, 0) is 4.79 Å². The van der Waals surface area contributed by atoms with Crippen LogP contribution in [0, 0.1) is 5.82 Å². The lowest BCUT2D eigenvalue weighted by Crippen LogP contribution is -2.51. The van der Waals surface area contributed by atoms with Crippen molar-refractivity contribution in [2.24, 2.45) is 0 Å². The first-order valence-corrected chi connectivity index (χ1v) is 7.06. The molecule has 2 amide bonds. The predicted molar refractivity (Wildman–Crippen MR) is 77.8 cm³/mol. The zero-order chi connectivity index (χ0) is 15.4. The Bertz CT molecular complexity index is 545. The number of amides is 2. The van der Waals surface area contributed by atoms with Crippen LogP contribution in [0.4, 0.5) is 4.39 Å². The molecular weight excluding hydrogens is 297 g/mol. The van der Waals surface area contributed by atoms with Crippen molar-refractivity contribution >= 4 is 23.4 Å². The Labute approximate surface area is 127 Å². The Morgan fingerprint density at radius 3 is 2.57 bits per heavy atom. The van der Waals surface area contributed by atoms with Crippen molar-refractivity contribution in [1.29, 1.82) is 0 Å². The van der Waals surface area contributed by atoms with Crippen molar-refractivity contribution < 1.29 is 14.0 Å². The molecule has 2 rings (SSSR count). The second kappa shape index (κ2) is 6.87. The number of likely N-dealkylation sites (N-methyl/N-ethyl adjacent to an activating group) is 1. The normalized spacial score (nSPS) is 15.9. The number of hydrogen-bond donors (Lipinski definition) is 1. The molecule has 1 N–H and O–H groups in total. The number of halogens is 2. The average Bonchev–Trinajstić information content (AvgIpc) is 2.49. The molecule has 0 aromatic heterocycles. The topological polar surface area (TPSA) is 52.7 Å². The summed E-state index contributed by atoms with van der Waals surface area (Å²) >= 11 is 5.81. The Morgan fingerprint density at radius 2 is 1.95 bits per heavy atom. The summed E-state index contributed by atoms with van der Waals surface area (Å²) in [6, 6.07) is 3.95. The lowest BCUT2D eigenvalue weighted by molar-refractivity contribution is -0.122. The zero-order valence-electron chi connectivity index (χ0n) is 11.7. The summed E-state index contributed by atoms with van der Waals surface area (Å²) < 4.78 is 13.7. The summed E-state index contributed by atoms with van der Waals surface area (Å²) in [6.45, 7) is 2.40. The van der Waals surface area contributed by atoms with Crippen LogP contribution in [0.15, 0.2) is 18.2 Å². The van der Waals surface area contributed by atoms with E-state index in [9.17, 15) is 14.0 Å². The van der Waals surface area contributed by atoms with Crippen LogP contribution < -0.4 is 5.32 Å². The minimum Gasteiger partial charge on any atom is -0.358 e. The molecule has 5 nitrogen and oxygen atoms in total. The maximum absolute atomic E-state index is 13.7. The number of nitrogens with one attached hydrogen (secondary N) is 1. The number of benzene rings is 1. The third-order valence-electron chi connectivity index (χ3n) is 3.46. The van der Waals surface area contributed by atoms with E-state index in [1.165, 1.54) is 18.2 Å². The van der Waals surface area contributed by atoms with Crippen LogP contribution in [0.3, 0.4) is 0 Å². The van der Waals surface area contributed by atoms with Crippen LogP contribution in [0.5, 0.6) is 0 Å². The van der Waals surface area contributed by atoms with Gasteiger partial charge >= 0.3 is 0 Å². The van der Waals surface area contributed by atoms with Gasteiger partial charge in [0.2, 0.25) is 5.91 Å². The van der Waals surface area contributed by atoms with Gasteiger partial charge in [0.25, 0.3) is 5.91 Å². The summed E-state index contributed by atoms with van der Waals surface area (Å²) in [7, 11) is 1.59. The smallest absolute Gasteiger partial charge is 0.256 e. The highest BCUT2D eigenvalue weighted by atomic mass is 35.5. The molecule has 0 radical (unpaired) electrons. The average molecular weight is 314 g/mol. The molecule has 1 aliphatic rings. The summed E-state index contributed by atoms with van der Waals surface area (Å²) in [5.41, 5.74) is -0.0118. The molecule has 0 bridgehead atoms. The van der Waals surface area contributed by atoms with Crippen LogP contribution in [0.2, 0.25) is 5.02 Å². The summed E-state index contributed by atoms with van der Waals surface area (Å²) in [4.78, 5) is 27.1. The molecule has 1 aromatic rings. The second-order valence-corrected chi connectivity index (χ2v) is 5.30. The molecular formula is C14H17ClFN3O2. The van der Waals surface area contributed by atoms with Crippen molar-refractivity contribution in [3.63, 3.8) is 0 Å². The van der Waals surface area contributed by atoms with Crippen molar-refractivity contribution in [3.05, 3.63) is 34.6 Å². The molecule has 0 unspecified atom stereocenters. The van der Waals surface area contributed by atoms with Crippen molar-refractivity contribution in [2.75, 3.05) is 39.8 Å². The lowest BCUT2D eigenvalue weighted by Gasteiger charge is -2.34. The molecule has 114 valence electrons. The molecule has 1 saturated heterocycles. The maximum atomic E-state index is 13.7. The fraction of sp³-hybridized carbons (Fsp3) is 0.429. The molecule has 1 fully saturated rings. The van der Waals surface area contributed by atoms with Crippen LogP contribution in [0.1, 0.15) is 10.4 Å². The van der Waals surface area contributed by atoms with E-state index in [1.807, 2.05) is 4.90 Å². The van der Waals surface area contributed by atoms with E-state index in [1.54, 1.807) is 11.9 Å². The largest absolute Gasteiger partial charge is 0.358 e. The van der Waals surface area contributed by atoms with E-state index in [0.29, 0.717) is 37.7 Å². The van der Waals surface area contributed by atoms with E-state index < -0.39 is 5.82 Å². The number of carbonyl (C=O) groups is 2. The van der Waals surface area contributed by atoms with Gasteiger partial charge in [0.15, 0.2) is 0 Å². The van der Waals surface area contributed by atoms with E-state index in [4.69, 9.17) is 11.6 Å². The Morgan fingerprint density at radius 1 is 1.29 bits per heavy atom. The number of hydrogen-bond acceptors (Lipinski definition) is 3. The summed E-state index contributed by atoms with van der Waals surface area (Å²) in [5, 5.41) is 2.89. The van der Waals surface area contributed by atoms with Gasteiger partial charge in [-0.2, -0.15) is 0 Å². The van der Waals surface area contributed by atoms with Gasteiger partial charge in [-0.05, 0) is 18.2 Å². The number of rotatable bonds is 3. The first kappa shape index (κ1) is 15.7. The van der Waals surface area contributed by atoms with Crippen molar-refractivity contribution in [2.45, 2.75) is 0 Å². The molecule has 1 heterocycles. The third kappa shape index (κ3) is 3.92. The van der Waals surface area contributed by atoms with Gasteiger partial charge in [0, 0.05) is 38.2 Å². The molecule has 0 atom stereocenters. The Kier molecular flexibility index (Phi) is 5.14. The van der Waals surface area contributed by atoms with Crippen LogP contribution in [-0.4, -0.2) is 61.4 Å². The van der Waals surface area contributed by atoms with E-state index in [0.717, 1.165) is 0 Å². The molecule has 1 aliphatic heterocycles. The van der Waals surface area contributed by atoms with Crippen molar-refractivity contribution in [1.82, 2.24) is 15.1 Å². The summed E-state index contributed by atoms with van der Waals surface area (Å²) in [5.74, 6) is -0.998. The van der Waals surface area contributed by atoms with Crippen molar-refractivity contribution in [3.8, 4) is 0 Å². The third-order valence-corrected chi connectivity index (χ3v) is 3.70. The molecule has 0 saturated carbocycles. The number of nitrogens with zero attached hydrogens (tertiary/aromatic N) is 2. The van der Waals surface area contributed by atoms with Crippen LogP contribution in [0.25, 0.3) is 0 Å². The maximum Gasteiger partial charge on any atom is 0.256 e. The van der Waals surface area contributed by atoms with Gasteiger partial charge in [-0.1, -0.05) is 11.6 Å². The van der Waals surface area contributed by atoms with E-state index >= 15 is 0 Å². The van der Waals surface area contributed by atoms with E-state index in [-0.39, 0.29) is 17.4 Å². The summed E-state index contributed by atoms with van der Waals surface area (Å²) in [6.07, 6.45) is 0. The monoisotopic (exact) mass is 313 g/mol. The van der Waals surface area contributed by atoms with Gasteiger partial charge in [-0.3, -0.25) is 14.5 Å². The quantitative estimate of drug-likeness (QED) is 0.905. The molecule has 0 aliphatic carbocycles. The lowest BCUT2D eigenvalue weighted by atomic mass is 10.1. The standard InChI is InChI=1S/C14H17ClFN3O2/c1-17-13(20)9-18-4-6-19(7-5-18)14(21)11-8-10(15)2-3-12(11)16/h2-3,8H,4-7,9H2,1H3,(H,17,20). The zero-order valence-corrected chi connectivity index (χ0v) is 12.5. The highest BCUT2D eigenvalue weighted by Crippen LogP contribution is 2.17. The first-order chi connectivity index (χ1) is 10.0.